The summed E-state index contributed by atoms with van der Waals surface area (Å²) in [7, 11) is 2.08. The van der Waals surface area contributed by atoms with Crippen LogP contribution in [0.2, 0.25) is 0 Å². The SMILES string of the molecule is C=C/C=C(\C=C/C)C1C=CN(C2=N/C(=C/C(/C=C/C(C)NN)=C(C)CC)N(C)C(N3CCOCC3)=C2)N1. The van der Waals surface area contributed by atoms with Gasteiger partial charge in [0.25, 0.3) is 0 Å². The van der Waals surface area contributed by atoms with Crippen LogP contribution in [0.3, 0.4) is 0 Å². The summed E-state index contributed by atoms with van der Waals surface area (Å²) in [5.74, 6) is 8.41. The van der Waals surface area contributed by atoms with Crippen LogP contribution < -0.4 is 16.7 Å². The number of nitrogens with two attached hydrogens (primary N) is 1. The highest BCUT2D eigenvalue weighted by molar-refractivity contribution is 5.95. The van der Waals surface area contributed by atoms with E-state index in [0.717, 1.165) is 48.1 Å². The topological polar surface area (TPSA) is 81.4 Å². The van der Waals surface area contributed by atoms with Crippen molar-refractivity contribution < 1.29 is 4.74 Å². The lowest BCUT2D eigenvalue weighted by molar-refractivity contribution is 0.0425. The average Bonchev–Trinajstić information content (AvgIpc) is 3.42. The molecule has 3 aliphatic heterocycles. The molecule has 0 aromatic rings. The Morgan fingerprint density at radius 2 is 2.11 bits per heavy atom. The van der Waals surface area contributed by atoms with Gasteiger partial charge in [0.05, 0.1) is 19.3 Å². The Morgan fingerprint density at radius 3 is 2.76 bits per heavy atom. The summed E-state index contributed by atoms with van der Waals surface area (Å²) < 4.78 is 5.62. The molecule has 0 radical (unpaired) electrons. The van der Waals surface area contributed by atoms with Crippen molar-refractivity contribution in [1.29, 1.82) is 0 Å². The van der Waals surface area contributed by atoms with Crippen molar-refractivity contribution in [2.75, 3.05) is 33.4 Å². The molecule has 8 heteroatoms. The molecule has 1 fully saturated rings. The van der Waals surface area contributed by atoms with Crippen molar-refractivity contribution >= 4 is 5.84 Å². The first-order chi connectivity index (χ1) is 17.9. The first-order valence-electron chi connectivity index (χ1n) is 13.0. The minimum atomic E-state index is 0.0372. The highest BCUT2D eigenvalue weighted by atomic mass is 16.5. The minimum Gasteiger partial charge on any atom is -0.378 e. The van der Waals surface area contributed by atoms with E-state index in [2.05, 4.69) is 84.6 Å². The molecule has 2 atom stereocenters. The molecular formula is C29H43N7O. The second-order valence-corrected chi connectivity index (χ2v) is 9.26. The van der Waals surface area contributed by atoms with Gasteiger partial charge in [0.1, 0.15) is 11.6 Å². The summed E-state index contributed by atoms with van der Waals surface area (Å²) >= 11 is 0. The van der Waals surface area contributed by atoms with Gasteiger partial charge in [0.15, 0.2) is 5.84 Å². The fourth-order valence-corrected chi connectivity index (χ4v) is 4.19. The zero-order valence-corrected chi connectivity index (χ0v) is 22.9. The summed E-state index contributed by atoms with van der Waals surface area (Å²) in [6, 6.07) is 0.103. The standard InChI is InChI=1S/C29H43N7O/c1-7-10-24(11-8-2)26-14-15-36(33-26)28-21-29(35-16-18-37-19-17-35)34(6)27(31-28)20-25(22(4)9-3)13-12-23(5)32-30/h7-8,10-15,20-21,23,26,32-33H,1,9,16-19,30H2,2-6H3/b11-8-,13-12+,24-10+,25-22?,27-20-. The van der Waals surface area contributed by atoms with Gasteiger partial charge >= 0.3 is 0 Å². The molecule has 0 aliphatic carbocycles. The van der Waals surface area contributed by atoms with E-state index in [0.29, 0.717) is 13.2 Å². The number of nitrogens with one attached hydrogen (secondary N) is 2. The van der Waals surface area contributed by atoms with Crippen LogP contribution in [0.1, 0.15) is 34.1 Å². The van der Waals surface area contributed by atoms with Gasteiger partial charge in [0.2, 0.25) is 0 Å². The molecule has 2 unspecified atom stereocenters. The highest BCUT2D eigenvalue weighted by Crippen LogP contribution is 2.26. The van der Waals surface area contributed by atoms with E-state index in [1.165, 1.54) is 5.57 Å². The number of ether oxygens (including phenoxy) is 1. The molecule has 0 bridgehead atoms. The number of aliphatic imine (C=N–C) groups is 1. The molecule has 3 rings (SSSR count). The summed E-state index contributed by atoms with van der Waals surface area (Å²) in [6.07, 6.45) is 21.6. The predicted molar refractivity (Wildman–Crippen MR) is 154 cm³/mol. The van der Waals surface area contributed by atoms with Crippen LogP contribution >= 0.6 is 0 Å². The Balaban J connectivity index is 2.00. The lowest BCUT2D eigenvalue weighted by Gasteiger charge is -2.38. The maximum Gasteiger partial charge on any atom is 0.153 e. The molecule has 3 heterocycles. The van der Waals surface area contributed by atoms with Crippen molar-refractivity contribution in [1.82, 2.24) is 25.7 Å². The lowest BCUT2D eigenvalue weighted by atomic mass is 10.1. The quantitative estimate of drug-likeness (QED) is 0.249. The summed E-state index contributed by atoms with van der Waals surface area (Å²) in [5, 5.41) is 2.00. The number of amidine groups is 1. The molecule has 0 aromatic heterocycles. The van der Waals surface area contributed by atoms with Crippen LogP contribution in [0, 0.1) is 0 Å². The fraction of sp³-hybridized carbons (Fsp3) is 0.414. The van der Waals surface area contributed by atoms with Gasteiger partial charge in [-0.25, -0.2) is 10.4 Å². The van der Waals surface area contributed by atoms with Crippen molar-refractivity contribution in [3.63, 3.8) is 0 Å². The van der Waals surface area contributed by atoms with E-state index in [4.69, 9.17) is 15.6 Å². The van der Waals surface area contributed by atoms with Crippen molar-refractivity contribution in [2.45, 2.75) is 46.2 Å². The number of rotatable bonds is 9. The number of hydrazine groups is 2. The number of allylic oxidation sites excluding steroid dienone is 7. The Morgan fingerprint density at radius 1 is 1.35 bits per heavy atom. The van der Waals surface area contributed by atoms with Gasteiger partial charge in [0, 0.05) is 38.5 Å². The number of nitrogens with zero attached hydrogens (tertiary/aromatic N) is 4. The number of hydrogen-bond acceptors (Lipinski definition) is 8. The van der Waals surface area contributed by atoms with Gasteiger partial charge in [-0.2, -0.15) is 0 Å². The molecule has 200 valence electrons. The zero-order chi connectivity index (χ0) is 26.8. The van der Waals surface area contributed by atoms with Gasteiger partial charge in [-0.15, -0.1) is 0 Å². The van der Waals surface area contributed by atoms with Gasteiger partial charge < -0.3 is 14.5 Å². The highest BCUT2D eigenvalue weighted by Gasteiger charge is 2.28. The smallest absolute Gasteiger partial charge is 0.153 e. The Hall–Kier alpha value is -3.17. The summed E-state index contributed by atoms with van der Waals surface area (Å²) in [4.78, 5) is 9.62. The summed E-state index contributed by atoms with van der Waals surface area (Å²) in [6.45, 7) is 15.3. The Labute approximate surface area is 222 Å². The van der Waals surface area contributed by atoms with E-state index in [9.17, 15) is 0 Å². The fourth-order valence-electron chi connectivity index (χ4n) is 4.19. The largest absolute Gasteiger partial charge is 0.378 e. The van der Waals surface area contributed by atoms with Gasteiger partial charge in [-0.3, -0.25) is 16.3 Å². The minimum absolute atomic E-state index is 0.0372. The third-order valence-electron chi connectivity index (χ3n) is 6.63. The van der Waals surface area contributed by atoms with Crippen LogP contribution in [0.5, 0.6) is 0 Å². The normalized spacial score (nSPS) is 23.7. The van der Waals surface area contributed by atoms with Crippen LogP contribution in [0.25, 0.3) is 0 Å². The molecule has 0 amide bonds. The first-order valence-corrected chi connectivity index (χ1v) is 13.0. The zero-order valence-electron chi connectivity index (χ0n) is 22.9. The maximum atomic E-state index is 5.62. The van der Waals surface area contributed by atoms with E-state index < -0.39 is 0 Å². The average molecular weight is 506 g/mol. The molecular weight excluding hydrogens is 462 g/mol. The third kappa shape index (κ3) is 7.42. The van der Waals surface area contributed by atoms with Crippen LogP contribution in [0.4, 0.5) is 0 Å². The number of hydrogen-bond donors (Lipinski definition) is 3. The second-order valence-electron chi connectivity index (χ2n) is 9.26. The first kappa shape index (κ1) is 28.4. The van der Waals surface area contributed by atoms with Crippen molar-refractivity contribution in [2.24, 2.45) is 10.8 Å². The van der Waals surface area contributed by atoms with E-state index in [1.807, 2.05) is 43.3 Å². The molecule has 3 aliphatic rings. The van der Waals surface area contributed by atoms with Gasteiger partial charge in [-0.1, -0.05) is 55.5 Å². The number of morpholine rings is 1. The predicted octanol–water partition coefficient (Wildman–Crippen LogP) is 3.87. The second kappa shape index (κ2) is 13.9. The Bertz CT molecular complexity index is 1050. The van der Waals surface area contributed by atoms with Crippen molar-refractivity contribution in [3.8, 4) is 0 Å². The van der Waals surface area contributed by atoms with Crippen molar-refractivity contribution in [3.05, 3.63) is 95.8 Å². The molecule has 8 nitrogen and oxygen atoms in total. The molecule has 0 saturated carbocycles. The summed E-state index contributed by atoms with van der Waals surface area (Å²) in [5.41, 5.74) is 9.89. The van der Waals surface area contributed by atoms with E-state index >= 15 is 0 Å². The van der Waals surface area contributed by atoms with E-state index in [1.54, 1.807) is 0 Å². The lowest BCUT2D eigenvalue weighted by Crippen LogP contribution is -2.45. The molecule has 4 N–H and O–H groups in total. The van der Waals surface area contributed by atoms with Gasteiger partial charge in [-0.05, 0) is 50.5 Å². The third-order valence-corrected chi connectivity index (χ3v) is 6.63. The monoisotopic (exact) mass is 505 g/mol. The molecule has 0 aromatic carbocycles. The Kier molecular flexibility index (Phi) is 10.7. The maximum absolute atomic E-state index is 5.62. The van der Waals surface area contributed by atoms with Crippen LogP contribution in [-0.4, -0.2) is 66.1 Å². The van der Waals surface area contributed by atoms with Crippen LogP contribution in [0.15, 0.2) is 101 Å². The van der Waals surface area contributed by atoms with E-state index in [-0.39, 0.29) is 12.1 Å². The molecule has 1 saturated heterocycles. The molecule has 37 heavy (non-hydrogen) atoms. The van der Waals surface area contributed by atoms with Crippen LogP contribution in [-0.2, 0) is 4.74 Å². The molecule has 0 spiro atoms.